The Morgan fingerprint density at radius 3 is 2.31 bits per heavy atom. The summed E-state index contributed by atoms with van der Waals surface area (Å²) >= 11 is 3.29. The minimum absolute atomic E-state index is 0.0992. The van der Waals surface area contributed by atoms with Crippen LogP contribution in [0.25, 0.3) is 0 Å². The number of carbonyl (C=O) groups excluding carboxylic acids is 1. The van der Waals surface area contributed by atoms with Crippen molar-refractivity contribution < 1.29 is 13.2 Å². The van der Waals surface area contributed by atoms with Gasteiger partial charge in [0.15, 0.2) is 0 Å². The number of anilines is 1. The van der Waals surface area contributed by atoms with Gasteiger partial charge in [-0.2, -0.15) is 4.72 Å². The van der Waals surface area contributed by atoms with Crippen molar-refractivity contribution >= 4 is 37.5 Å². The second kappa shape index (κ2) is 9.35. The highest BCUT2D eigenvalue weighted by Gasteiger charge is 2.26. The van der Waals surface area contributed by atoms with Crippen LogP contribution in [0.3, 0.4) is 0 Å². The van der Waals surface area contributed by atoms with Gasteiger partial charge in [0.2, 0.25) is 15.9 Å². The Balaban J connectivity index is 1.85. The Bertz CT molecular complexity index is 1080. The fraction of sp³-hybridized carbons (Fsp3) is 0.136. The molecular formula is C22H21BrN2O3S. The summed E-state index contributed by atoms with van der Waals surface area (Å²) in [6.45, 7) is 1.92. The Labute approximate surface area is 179 Å². The molecule has 7 heteroatoms. The molecule has 0 fully saturated rings. The summed E-state index contributed by atoms with van der Waals surface area (Å²) < 4.78 is 29.0. The smallest absolute Gasteiger partial charge is 0.242 e. The summed E-state index contributed by atoms with van der Waals surface area (Å²) in [5.74, 6) is -0.417. The molecule has 0 aromatic heterocycles. The van der Waals surface area contributed by atoms with Crippen LogP contribution < -0.4 is 10.0 Å². The van der Waals surface area contributed by atoms with E-state index in [2.05, 4.69) is 26.0 Å². The summed E-state index contributed by atoms with van der Waals surface area (Å²) in [6.07, 6.45) is 0.230. The highest BCUT2D eigenvalue weighted by molar-refractivity contribution is 9.10. The van der Waals surface area contributed by atoms with Gasteiger partial charge in [0, 0.05) is 10.2 Å². The topological polar surface area (TPSA) is 75.3 Å². The molecule has 3 aromatic carbocycles. The molecule has 0 aliphatic carbocycles. The number of aryl methyl sites for hydroxylation is 1. The zero-order valence-electron chi connectivity index (χ0n) is 15.8. The van der Waals surface area contributed by atoms with E-state index in [0.717, 1.165) is 15.6 Å². The molecule has 3 rings (SSSR count). The van der Waals surface area contributed by atoms with Crippen molar-refractivity contribution in [1.29, 1.82) is 0 Å². The van der Waals surface area contributed by atoms with E-state index < -0.39 is 22.0 Å². The summed E-state index contributed by atoms with van der Waals surface area (Å²) in [5.41, 5.74) is 2.48. The van der Waals surface area contributed by atoms with Crippen LogP contribution in [0.15, 0.2) is 88.2 Å². The normalized spacial score (nSPS) is 12.3. The third-order valence-corrected chi connectivity index (χ3v) is 6.32. The van der Waals surface area contributed by atoms with E-state index in [1.54, 1.807) is 18.2 Å². The van der Waals surface area contributed by atoms with Crippen LogP contribution in [0.4, 0.5) is 5.69 Å². The number of amides is 1. The van der Waals surface area contributed by atoms with Gasteiger partial charge >= 0.3 is 0 Å². The predicted octanol–water partition coefficient (Wildman–Crippen LogP) is 4.29. The van der Waals surface area contributed by atoms with Gasteiger partial charge in [-0.15, -0.1) is 0 Å². The Morgan fingerprint density at radius 2 is 1.66 bits per heavy atom. The van der Waals surface area contributed by atoms with Gasteiger partial charge < -0.3 is 5.32 Å². The molecule has 0 bridgehead atoms. The van der Waals surface area contributed by atoms with Crippen LogP contribution in [0.2, 0.25) is 0 Å². The number of hydrogen-bond acceptors (Lipinski definition) is 3. The molecule has 0 unspecified atom stereocenters. The number of carbonyl (C=O) groups is 1. The summed E-state index contributed by atoms with van der Waals surface area (Å²) in [6, 6.07) is 22.0. The lowest BCUT2D eigenvalue weighted by molar-refractivity contribution is -0.117. The lowest BCUT2D eigenvalue weighted by atomic mass is 10.1. The first-order valence-corrected chi connectivity index (χ1v) is 11.3. The highest BCUT2D eigenvalue weighted by atomic mass is 79.9. The van der Waals surface area contributed by atoms with E-state index in [4.69, 9.17) is 0 Å². The zero-order valence-corrected chi connectivity index (χ0v) is 18.2. The van der Waals surface area contributed by atoms with E-state index in [1.807, 2.05) is 55.5 Å². The first-order chi connectivity index (χ1) is 13.8. The SMILES string of the molecule is Cc1cccc(NC(=O)[C@H](Cc2ccccc2)NS(=O)(=O)c2ccc(Br)cc2)c1. The van der Waals surface area contributed by atoms with Gasteiger partial charge in [0.1, 0.15) is 6.04 Å². The number of halogens is 1. The number of rotatable bonds is 7. The molecular weight excluding hydrogens is 452 g/mol. The first kappa shape index (κ1) is 21.2. The Hall–Kier alpha value is -2.48. The second-order valence-electron chi connectivity index (χ2n) is 6.68. The third kappa shape index (κ3) is 6.00. The Kier molecular flexibility index (Phi) is 6.84. The maximum absolute atomic E-state index is 12.9. The molecule has 0 aliphatic rings. The molecule has 0 spiro atoms. The van der Waals surface area contributed by atoms with Gasteiger partial charge in [0.05, 0.1) is 4.90 Å². The fourth-order valence-corrected chi connectivity index (χ4v) is 4.32. The van der Waals surface area contributed by atoms with Gasteiger partial charge in [-0.3, -0.25) is 4.79 Å². The van der Waals surface area contributed by atoms with Crippen LogP contribution >= 0.6 is 15.9 Å². The summed E-state index contributed by atoms with van der Waals surface area (Å²) in [7, 11) is -3.87. The molecule has 5 nitrogen and oxygen atoms in total. The van der Waals surface area contributed by atoms with Crippen LogP contribution in [0.1, 0.15) is 11.1 Å². The molecule has 0 radical (unpaired) electrons. The lowest BCUT2D eigenvalue weighted by Crippen LogP contribution is -2.45. The van der Waals surface area contributed by atoms with Crippen molar-refractivity contribution in [3.8, 4) is 0 Å². The van der Waals surface area contributed by atoms with E-state index in [9.17, 15) is 13.2 Å². The molecule has 1 amide bonds. The van der Waals surface area contributed by atoms with Crippen molar-refractivity contribution in [3.05, 3.63) is 94.5 Å². The zero-order chi connectivity index (χ0) is 20.9. The number of hydrogen-bond donors (Lipinski definition) is 2. The average molecular weight is 473 g/mol. The molecule has 0 heterocycles. The van der Waals surface area contributed by atoms with Gasteiger partial charge in [-0.05, 0) is 60.9 Å². The van der Waals surface area contributed by atoms with E-state index in [1.165, 1.54) is 12.1 Å². The van der Waals surface area contributed by atoms with Crippen molar-refractivity contribution in [2.24, 2.45) is 0 Å². The summed E-state index contributed by atoms with van der Waals surface area (Å²) in [5, 5.41) is 2.81. The minimum atomic E-state index is -3.87. The second-order valence-corrected chi connectivity index (χ2v) is 9.31. The summed E-state index contributed by atoms with van der Waals surface area (Å²) in [4.78, 5) is 13.0. The standard InChI is InChI=1S/C22H21BrN2O3S/c1-16-6-5-9-19(14-16)24-22(26)21(15-17-7-3-2-4-8-17)25-29(27,28)20-12-10-18(23)11-13-20/h2-14,21,25H,15H2,1H3,(H,24,26)/t21-/m0/s1. The Morgan fingerprint density at radius 1 is 0.966 bits per heavy atom. The molecule has 3 aromatic rings. The quantitative estimate of drug-likeness (QED) is 0.538. The van der Waals surface area contributed by atoms with Crippen LogP contribution in [-0.4, -0.2) is 20.4 Å². The molecule has 29 heavy (non-hydrogen) atoms. The monoisotopic (exact) mass is 472 g/mol. The largest absolute Gasteiger partial charge is 0.325 e. The van der Waals surface area contributed by atoms with Crippen LogP contribution in [-0.2, 0) is 21.2 Å². The van der Waals surface area contributed by atoms with Crippen molar-refractivity contribution in [1.82, 2.24) is 4.72 Å². The fourth-order valence-electron chi connectivity index (χ4n) is 2.86. The molecule has 150 valence electrons. The number of nitrogens with one attached hydrogen (secondary N) is 2. The first-order valence-electron chi connectivity index (χ1n) is 9.03. The number of sulfonamides is 1. The molecule has 2 N–H and O–H groups in total. The third-order valence-electron chi connectivity index (χ3n) is 4.31. The molecule has 0 saturated heterocycles. The van der Waals surface area contributed by atoms with Crippen LogP contribution in [0, 0.1) is 6.92 Å². The lowest BCUT2D eigenvalue weighted by Gasteiger charge is -2.19. The van der Waals surface area contributed by atoms with Gasteiger partial charge in [-0.1, -0.05) is 58.4 Å². The molecule has 0 aliphatic heterocycles. The molecule has 0 saturated carbocycles. The minimum Gasteiger partial charge on any atom is -0.325 e. The average Bonchev–Trinajstić information content (AvgIpc) is 2.68. The predicted molar refractivity (Wildman–Crippen MR) is 118 cm³/mol. The van der Waals surface area contributed by atoms with Crippen molar-refractivity contribution in [2.45, 2.75) is 24.3 Å². The maximum Gasteiger partial charge on any atom is 0.242 e. The van der Waals surface area contributed by atoms with Crippen LogP contribution in [0.5, 0.6) is 0 Å². The van der Waals surface area contributed by atoms with Crippen molar-refractivity contribution in [3.63, 3.8) is 0 Å². The van der Waals surface area contributed by atoms with Crippen molar-refractivity contribution in [2.75, 3.05) is 5.32 Å². The van der Waals surface area contributed by atoms with Gasteiger partial charge in [0.25, 0.3) is 0 Å². The number of benzene rings is 3. The molecule has 1 atom stereocenters. The van der Waals surface area contributed by atoms with E-state index in [-0.39, 0.29) is 11.3 Å². The maximum atomic E-state index is 12.9. The highest BCUT2D eigenvalue weighted by Crippen LogP contribution is 2.17. The van der Waals surface area contributed by atoms with E-state index in [0.29, 0.717) is 5.69 Å². The van der Waals surface area contributed by atoms with E-state index >= 15 is 0 Å². The van der Waals surface area contributed by atoms with Gasteiger partial charge in [-0.25, -0.2) is 8.42 Å².